The van der Waals surface area contributed by atoms with E-state index in [-0.39, 0.29) is 18.1 Å². The molecule has 1 atom stereocenters. The summed E-state index contributed by atoms with van der Waals surface area (Å²) in [5, 5.41) is 5.73. The molecule has 4 amide bonds. The average molecular weight is 449 g/mol. The number of hydrogen-bond acceptors (Lipinski definition) is 7. The molecule has 0 bridgehead atoms. The number of aromatic nitrogens is 1. The van der Waals surface area contributed by atoms with Gasteiger partial charge in [0, 0.05) is 19.7 Å². The Morgan fingerprint density at radius 3 is 2.50 bits per heavy atom. The van der Waals surface area contributed by atoms with Crippen molar-refractivity contribution in [2.24, 2.45) is 5.92 Å². The SMILES string of the molecule is CC(=O)C(=O)N(CC1CCNC1=O)NC(=O)Cn1cccc(NC(=O)OC(C)(C)C)c1=O. The Labute approximate surface area is 184 Å². The standard InChI is InChI=1S/C20H27N5O7/c1-12(26)17(29)25(10-13-7-8-21-16(13)28)23-15(27)11-24-9-5-6-14(18(24)30)22-19(31)32-20(2,3)4/h5-6,9,13H,7-8,10-11H2,1-4H3,(H,21,28)(H,22,31)(H,23,27). The molecule has 1 unspecified atom stereocenters. The number of carbonyl (C=O) groups excluding carboxylic acids is 5. The van der Waals surface area contributed by atoms with Gasteiger partial charge in [-0.3, -0.25) is 34.7 Å². The number of rotatable bonds is 6. The van der Waals surface area contributed by atoms with E-state index in [9.17, 15) is 28.8 Å². The van der Waals surface area contributed by atoms with Gasteiger partial charge in [-0.05, 0) is 39.3 Å². The van der Waals surface area contributed by atoms with Gasteiger partial charge in [-0.2, -0.15) is 0 Å². The number of pyridine rings is 1. The lowest BCUT2D eigenvalue weighted by molar-refractivity contribution is -0.150. The molecule has 2 rings (SSSR count). The molecule has 3 N–H and O–H groups in total. The molecule has 2 heterocycles. The molecule has 1 aromatic heterocycles. The Hall–Kier alpha value is -3.70. The zero-order valence-corrected chi connectivity index (χ0v) is 18.4. The van der Waals surface area contributed by atoms with Crippen molar-refractivity contribution in [2.45, 2.75) is 46.3 Å². The van der Waals surface area contributed by atoms with Crippen molar-refractivity contribution in [2.75, 3.05) is 18.4 Å². The van der Waals surface area contributed by atoms with Gasteiger partial charge >= 0.3 is 12.0 Å². The van der Waals surface area contributed by atoms with E-state index in [1.165, 1.54) is 18.3 Å². The van der Waals surface area contributed by atoms with Crippen LogP contribution in [-0.2, 0) is 30.5 Å². The molecule has 32 heavy (non-hydrogen) atoms. The number of nitrogens with zero attached hydrogens (tertiary/aromatic N) is 2. The zero-order chi connectivity index (χ0) is 24.1. The first-order valence-corrected chi connectivity index (χ1v) is 9.96. The fourth-order valence-electron chi connectivity index (χ4n) is 2.92. The normalized spacial score (nSPS) is 15.5. The summed E-state index contributed by atoms with van der Waals surface area (Å²) in [6, 6.07) is 2.80. The van der Waals surface area contributed by atoms with Crippen molar-refractivity contribution in [1.29, 1.82) is 0 Å². The van der Waals surface area contributed by atoms with Gasteiger partial charge in [-0.15, -0.1) is 0 Å². The summed E-state index contributed by atoms with van der Waals surface area (Å²) in [6.45, 7) is 5.82. The van der Waals surface area contributed by atoms with Crippen LogP contribution < -0.4 is 21.6 Å². The highest BCUT2D eigenvalue weighted by Crippen LogP contribution is 2.11. The minimum Gasteiger partial charge on any atom is -0.444 e. The number of anilines is 1. The first-order chi connectivity index (χ1) is 14.9. The van der Waals surface area contributed by atoms with E-state index in [1.807, 2.05) is 0 Å². The van der Waals surface area contributed by atoms with Crippen molar-refractivity contribution in [1.82, 2.24) is 20.3 Å². The maximum atomic E-state index is 12.6. The van der Waals surface area contributed by atoms with E-state index >= 15 is 0 Å². The summed E-state index contributed by atoms with van der Waals surface area (Å²) >= 11 is 0. The molecule has 1 aliphatic rings. The Kier molecular flexibility index (Phi) is 7.73. The fraction of sp³-hybridized carbons (Fsp3) is 0.500. The van der Waals surface area contributed by atoms with Crippen LogP contribution >= 0.6 is 0 Å². The van der Waals surface area contributed by atoms with Gasteiger partial charge in [-0.25, -0.2) is 9.80 Å². The highest BCUT2D eigenvalue weighted by Gasteiger charge is 2.30. The van der Waals surface area contributed by atoms with Crippen molar-refractivity contribution < 1.29 is 28.7 Å². The number of Topliss-reactive ketones (excluding diaryl/α,β-unsaturated/α-hetero) is 1. The molecule has 0 radical (unpaired) electrons. The van der Waals surface area contributed by atoms with Crippen LogP contribution in [0.15, 0.2) is 23.1 Å². The maximum absolute atomic E-state index is 12.6. The second kappa shape index (κ2) is 10.1. The van der Waals surface area contributed by atoms with Crippen LogP contribution in [0.3, 0.4) is 0 Å². The van der Waals surface area contributed by atoms with Crippen LogP contribution in [-0.4, -0.2) is 57.9 Å². The predicted octanol–water partition coefficient (Wildman–Crippen LogP) is -0.220. The molecule has 1 aromatic rings. The van der Waals surface area contributed by atoms with Crippen molar-refractivity contribution in [3.63, 3.8) is 0 Å². The third-order valence-electron chi connectivity index (χ3n) is 4.34. The number of amides is 4. The summed E-state index contributed by atoms with van der Waals surface area (Å²) in [5.41, 5.74) is 0.746. The van der Waals surface area contributed by atoms with Gasteiger partial charge in [0.25, 0.3) is 11.5 Å². The van der Waals surface area contributed by atoms with Gasteiger partial charge in [0.15, 0.2) is 0 Å². The monoisotopic (exact) mass is 449 g/mol. The van der Waals surface area contributed by atoms with E-state index < -0.39 is 47.3 Å². The summed E-state index contributed by atoms with van der Waals surface area (Å²) in [7, 11) is 0. The molecule has 1 saturated heterocycles. The minimum atomic E-state index is -0.981. The van der Waals surface area contributed by atoms with Gasteiger partial charge in [0.2, 0.25) is 11.7 Å². The molecule has 0 spiro atoms. The highest BCUT2D eigenvalue weighted by atomic mass is 16.6. The van der Waals surface area contributed by atoms with Crippen molar-refractivity contribution in [3.05, 3.63) is 28.7 Å². The Bertz CT molecular complexity index is 979. The van der Waals surface area contributed by atoms with Gasteiger partial charge in [0.05, 0.1) is 12.5 Å². The average Bonchev–Trinajstić information content (AvgIpc) is 3.07. The molecular weight excluding hydrogens is 422 g/mol. The summed E-state index contributed by atoms with van der Waals surface area (Å²) in [4.78, 5) is 72.5. The van der Waals surface area contributed by atoms with E-state index in [2.05, 4.69) is 16.1 Å². The summed E-state index contributed by atoms with van der Waals surface area (Å²) < 4.78 is 6.12. The highest BCUT2D eigenvalue weighted by molar-refractivity contribution is 6.35. The van der Waals surface area contributed by atoms with Crippen LogP contribution in [0.5, 0.6) is 0 Å². The van der Waals surface area contributed by atoms with Crippen molar-refractivity contribution >= 4 is 35.3 Å². The quantitative estimate of drug-likeness (QED) is 0.400. The van der Waals surface area contributed by atoms with Crippen LogP contribution in [0.1, 0.15) is 34.1 Å². The van der Waals surface area contributed by atoms with E-state index in [0.717, 1.165) is 16.5 Å². The van der Waals surface area contributed by atoms with Crippen LogP contribution in [0.4, 0.5) is 10.5 Å². The third-order valence-corrected chi connectivity index (χ3v) is 4.34. The summed E-state index contributed by atoms with van der Waals surface area (Å²) in [6.07, 6.45) is 0.947. The van der Waals surface area contributed by atoms with E-state index in [0.29, 0.717) is 13.0 Å². The minimum absolute atomic E-state index is 0.103. The van der Waals surface area contributed by atoms with Gasteiger partial charge in [-0.1, -0.05) is 0 Å². The second-order valence-electron chi connectivity index (χ2n) is 8.27. The molecule has 12 heteroatoms. The lowest BCUT2D eigenvalue weighted by Crippen LogP contribution is -2.52. The molecule has 0 aliphatic carbocycles. The van der Waals surface area contributed by atoms with Crippen molar-refractivity contribution in [3.8, 4) is 0 Å². The predicted molar refractivity (Wildman–Crippen MR) is 112 cm³/mol. The first-order valence-electron chi connectivity index (χ1n) is 9.96. The lowest BCUT2D eigenvalue weighted by atomic mass is 10.1. The lowest BCUT2D eigenvalue weighted by Gasteiger charge is -2.24. The number of nitrogens with one attached hydrogen (secondary N) is 3. The van der Waals surface area contributed by atoms with Crippen LogP contribution in [0.2, 0.25) is 0 Å². The second-order valence-corrected chi connectivity index (χ2v) is 8.27. The van der Waals surface area contributed by atoms with Crippen LogP contribution in [0.25, 0.3) is 0 Å². The maximum Gasteiger partial charge on any atom is 0.412 e. The molecule has 174 valence electrons. The van der Waals surface area contributed by atoms with E-state index in [4.69, 9.17) is 4.74 Å². The number of hydrazine groups is 1. The molecule has 0 aromatic carbocycles. The molecule has 12 nitrogen and oxygen atoms in total. The molecule has 1 fully saturated rings. The number of hydrogen-bond donors (Lipinski definition) is 3. The Balaban J connectivity index is 2.10. The van der Waals surface area contributed by atoms with Gasteiger partial charge in [0.1, 0.15) is 17.8 Å². The van der Waals surface area contributed by atoms with Gasteiger partial charge < -0.3 is 14.6 Å². The zero-order valence-electron chi connectivity index (χ0n) is 18.4. The van der Waals surface area contributed by atoms with E-state index in [1.54, 1.807) is 20.8 Å². The summed E-state index contributed by atoms with van der Waals surface area (Å²) in [5.74, 6) is -3.41. The largest absolute Gasteiger partial charge is 0.444 e. The topological polar surface area (TPSA) is 156 Å². The number of ketones is 1. The molecule has 1 aliphatic heterocycles. The Morgan fingerprint density at radius 1 is 1.25 bits per heavy atom. The number of carbonyl (C=O) groups is 5. The van der Waals surface area contributed by atoms with Crippen LogP contribution in [0, 0.1) is 5.92 Å². The molecule has 0 saturated carbocycles. The Morgan fingerprint density at radius 2 is 1.94 bits per heavy atom. The smallest absolute Gasteiger partial charge is 0.412 e. The third kappa shape index (κ3) is 6.93. The first kappa shape index (κ1) is 24.6. The molecular formula is C20H27N5O7. The fourth-order valence-corrected chi connectivity index (χ4v) is 2.92. The number of ether oxygens (including phenoxy) is 1.